The number of benzene rings is 1. The molecule has 0 spiro atoms. The Kier molecular flexibility index (Phi) is 5.33. The Labute approximate surface area is 147 Å². The fourth-order valence-corrected chi connectivity index (χ4v) is 2.67. The van der Waals surface area contributed by atoms with Gasteiger partial charge in [-0.3, -0.25) is 4.68 Å². The van der Waals surface area contributed by atoms with Gasteiger partial charge in [-0.1, -0.05) is 35.0 Å². The van der Waals surface area contributed by atoms with E-state index in [1.807, 2.05) is 25.2 Å². The van der Waals surface area contributed by atoms with Gasteiger partial charge in [0.2, 0.25) is 0 Å². The van der Waals surface area contributed by atoms with Crippen LogP contribution in [0.25, 0.3) is 0 Å². The fraction of sp³-hybridized carbons (Fsp3) is 0.389. The minimum atomic E-state index is -0.199. The number of aromatic nitrogens is 2. The van der Waals surface area contributed by atoms with Crippen molar-refractivity contribution in [2.75, 3.05) is 13.1 Å². The zero-order chi connectivity index (χ0) is 17.6. The predicted molar refractivity (Wildman–Crippen MR) is 95.5 cm³/mol. The second-order valence-corrected chi connectivity index (χ2v) is 6.17. The molecule has 0 radical (unpaired) electrons. The normalized spacial score (nSPS) is 16.2. The van der Waals surface area contributed by atoms with Crippen molar-refractivity contribution in [2.45, 2.75) is 25.9 Å². The predicted octanol–water partition coefficient (Wildman–Crippen LogP) is 1.76. The summed E-state index contributed by atoms with van der Waals surface area (Å²) >= 11 is 0. The number of hydrogen-bond donors (Lipinski definition) is 2. The summed E-state index contributed by atoms with van der Waals surface area (Å²) in [5.41, 5.74) is 4.27. The van der Waals surface area contributed by atoms with Gasteiger partial charge in [0.25, 0.3) is 0 Å². The van der Waals surface area contributed by atoms with E-state index in [0.29, 0.717) is 19.5 Å². The molecule has 0 fully saturated rings. The third-order valence-electron chi connectivity index (χ3n) is 4.20. The lowest BCUT2D eigenvalue weighted by Gasteiger charge is -2.11. The lowest BCUT2D eigenvalue weighted by Crippen LogP contribution is -2.40. The Morgan fingerprint density at radius 3 is 2.80 bits per heavy atom. The third-order valence-corrected chi connectivity index (χ3v) is 4.20. The number of carbonyl (C=O) groups is 1. The van der Waals surface area contributed by atoms with Crippen LogP contribution in [-0.2, 0) is 18.3 Å². The highest BCUT2D eigenvalue weighted by Gasteiger charge is 2.22. The molecule has 1 aliphatic rings. The van der Waals surface area contributed by atoms with Crippen molar-refractivity contribution in [1.29, 1.82) is 0 Å². The van der Waals surface area contributed by atoms with Gasteiger partial charge in [0.1, 0.15) is 0 Å². The standard InChI is InChI=1S/C18H23N5O2/c1-13-3-5-14(6-4-13)17-11-16(25-22-17)12-20-18(24)19-9-7-15-8-10-21-23(15)2/h3-6,8,10,16H,7,9,11-12H2,1-2H3,(H2,19,20,24)/t16-/m0/s1. The molecular formula is C18H23N5O2. The number of rotatable bonds is 6. The van der Waals surface area contributed by atoms with E-state index in [-0.39, 0.29) is 12.1 Å². The molecule has 2 heterocycles. The molecule has 1 aromatic heterocycles. The van der Waals surface area contributed by atoms with E-state index in [1.54, 1.807) is 10.9 Å². The Hall–Kier alpha value is -2.83. The van der Waals surface area contributed by atoms with Gasteiger partial charge in [-0.05, 0) is 18.6 Å². The first-order chi connectivity index (χ1) is 12.1. The number of carbonyl (C=O) groups excluding carboxylic acids is 1. The number of oxime groups is 1. The highest BCUT2D eigenvalue weighted by Crippen LogP contribution is 2.16. The van der Waals surface area contributed by atoms with Crippen LogP contribution in [0.1, 0.15) is 23.2 Å². The van der Waals surface area contributed by atoms with Crippen LogP contribution in [-0.4, -0.2) is 40.7 Å². The molecule has 1 atom stereocenters. The molecule has 0 bridgehead atoms. The Balaban J connectivity index is 1.36. The van der Waals surface area contributed by atoms with Crippen molar-refractivity contribution in [2.24, 2.45) is 12.2 Å². The Bertz CT molecular complexity index is 751. The zero-order valence-corrected chi connectivity index (χ0v) is 14.5. The molecule has 1 aromatic carbocycles. The zero-order valence-electron chi connectivity index (χ0n) is 14.5. The van der Waals surface area contributed by atoms with E-state index in [2.05, 4.69) is 39.9 Å². The molecule has 7 nitrogen and oxygen atoms in total. The molecule has 0 aliphatic carbocycles. The summed E-state index contributed by atoms with van der Waals surface area (Å²) in [6.07, 6.45) is 3.06. The van der Waals surface area contributed by atoms with Crippen LogP contribution in [0.5, 0.6) is 0 Å². The lowest BCUT2D eigenvalue weighted by molar-refractivity contribution is 0.0865. The number of hydrogen-bond acceptors (Lipinski definition) is 4. The first kappa shape index (κ1) is 17.0. The largest absolute Gasteiger partial charge is 0.390 e. The maximum absolute atomic E-state index is 11.9. The molecule has 2 N–H and O–H groups in total. The Morgan fingerprint density at radius 1 is 1.28 bits per heavy atom. The van der Waals surface area contributed by atoms with Gasteiger partial charge in [-0.25, -0.2) is 4.79 Å². The molecule has 0 saturated carbocycles. The summed E-state index contributed by atoms with van der Waals surface area (Å²) in [6, 6.07) is 9.93. The summed E-state index contributed by atoms with van der Waals surface area (Å²) in [5.74, 6) is 0. The first-order valence-corrected chi connectivity index (χ1v) is 8.40. The molecule has 0 saturated heterocycles. The van der Waals surface area contributed by atoms with Gasteiger partial charge < -0.3 is 15.5 Å². The summed E-state index contributed by atoms with van der Waals surface area (Å²) in [6.45, 7) is 3.04. The van der Waals surface area contributed by atoms with Gasteiger partial charge in [-0.2, -0.15) is 5.10 Å². The second kappa shape index (κ2) is 7.83. The number of amides is 2. The third kappa shape index (κ3) is 4.59. The number of nitrogens with zero attached hydrogens (tertiary/aromatic N) is 3. The topological polar surface area (TPSA) is 80.5 Å². The van der Waals surface area contributed by atoms with Gasteiger partial charge in [0.15, 0.2) is 6.10 Å². The lowest BCUT2D eigenvalue weighted by atomic mass is 10.0. The number of nitrogens with one attached hydrogen (secondary N) is 2. The first-order valence-electron chi connectivity index (χ1n) is 8.40. The smallest absolute Gasteiger partial charge is 0.314 e. The average molecular weight is 341 g/mol. The molecule has 2 amide bonds. The molecule has 132 valence electrons. The molecule has 2 aromatic rings. The molecule has 0 unspecified atom stereocenters. The maximum atomic E-state index is 11.9. The van der Waals surface area contributed by atoms with Crippen molar-refractivity contribution in [3.05, 3.63) is 53.3 Å². The van der Waals surface area contributed by atoms with E-state index in [1.165, 1.54) is 5.56 Å². The van der Waals surface area contributed by atoms with Crippen molar-refractivity contribution in [3.63, 3.8) is 0 Å². The van der Waals surface area contributed by atoms with Crippen molar-refractivity contribution < 1.29 is 9.63 Å². The van der Waals surface area contributed by atoms with Crippen LogP contribution in [0.2, 0.25) is 0 Å². The van der Waals surface area contributed by atoms with E-state index < -0.39 is 0 Å². The highest BCUT2D eigenvalue weighted by molar-refractivity contribution is 6.01. The number of urea groups is 1. The average Bonchev–Trinajstić information content (AvgIpc) is 3.23. The summed E-state index contributed by atoms with van der Waals surface area (Å²) in [7, 11) is 1.89. The maximum Gasteiger partial charge on any atom is 0.314 e. The van der Waals surface area contributed by atoms with Crippen molar-refractivity contribution >= 4 is 11.7 Å². The molecular weight excluding hydrogens is 318 g/mol. The van der Waals surface area contributed by atoms with Gasteiger partial charge in [-0.15, -0.1) is 0 Å². The monoisotopic (exact) mass is 341 g/mol. The summed E-state index contributed by atoms with van der Waals surface area (Å²) in [4.78, 5) is 17.3. The fourth-order valence-electron chi connectivity index (χ4n) is 2.67. The van der Waals surface area contributed by atoms with Crippen LogP contribution < -0.4 is 10.6 Å². The van der Waals surface area contributed by atoms with Crippen molar-refractivity contribution in [1.82, 2.24) is 20.4 Å². The molecule has 25 heavy (non-hydrogen) atoms. The van der Waals surface area contributed by atoms with E-state index in [0.717, 1.165) is 23.4 Å². The number of aryl methyl sites for hydroxylation is 2. The minimum Gasteiger partial charge on any atom is -0.390 e. The van der Waals surface area contributed by atoms with E-state index in [4.69, 9.17) is 4.84 Å². The quantitative estimate of drug-likeness (QED) is 0.840. The van der Waals surface area contributed by atoms with Crippen LogP contribution in [0.15, 0.2) is 41.7 Å². The summed E-state index contributed by atoms with van der Waals surface area (Å²) < 4.78 is 1.80. The molecule has 3 rings (SSSR count). The van der Waals surface area contributed by atoms with Gasteiger partial charge in [0, 0.05) is 38.3 Å². The SMILES string of the molecule is Cc1ccc(C2=NO[C@H](CNC(=O)NCCc3ccnn3C)C2)cc1. The second-order valence-electron chi connectivity index (χ2n) is 6.17. The van der Waals surface area contributed by atoms with E-state index in [9.17, 15) is 4.79 Å². The molecule has 1 aliphatic heterocycles. The van der Waals surface area contributed by atoms with Gasteiger partial charge in [0.05, 0.1) is 12.3 Å². The minimum absolute atomic E-state index is 0.126. The summed E-state index contributed by atoms with van der Waals surface area (Å²) in [5, 5.41) is 13.9. The van der Waals surface area contributed by atoms with Crippen LogP contribution in [0.3, 0.4) is 0 Å². The Morgan fingerprint density at radius 2 is 2.08 bits per heavy atom. The van der Waals surface area contributed by atoms with Crippen LogP contribution >= 0.6 is 0 Å². The van der Waals surface area contributed by atoms with Crippen LogP contribution in [0.4, 0.5) is 4.79 Å². The van der Waals surface area contributed by atoms with Crippen LogP contribution in [0, 0.1) is 6.92 Å². The van der Waals surface area contributed by atoms with Gasteiger partial charge >= 0.3 is 6.03 Å². The highest BCUT2D eigenvalue weighted by atomic mass is 16.6. The molecule has 7 heteroatoms. The van der Waals surface area contributed by atoms with Crippen molar-refractivity contribution in [3.8, 4) is 0 Å². The van der Waals surface area contributed by atoms with E-state index >= 15 is 0 Å².